The second-order valence-electron chi connectivity index (χ2n) is 4.67. The molecule has 0 spiro atoms. The van der Waals surface area contributed by atoms with Crippen LogP contribution in [0, 0.1) is 11.6 Å². The molecule has 1 aromatic carbocycles. The molecule has 5 heteroatoms. The average Bonchev–Trinajstić information content (AvgIpc) is 2.75. The van der Waals surface area contributed by atoms with Crippen molar-refractivity contribution in [1.29, 1.82) is 0 Å². The second kappa shape index (κ2) is 5.48. The molecule has 0 aliphatic rings. The van der Waals surface area contributed by atoms with Crippen LogP contribution in [-0.2, 0) is 7.05 Å². The van der Waals surface area contributed by atoms with Gasteiger partial charge in [0, 0.05) is 37.1 Å². The predicted molar refractivity (Wildman–Crippen MR) is 69.5 cm³/mol. The molecular formula is C14H17F2N3. The van der Waals surface area contributed by atoms with Gasteiger partial charge < -0.3 is 9.88 Å². The summed E-state index contributed by atoms with van der Waals surface area (Å²) in [6.07, 6.45) is 3.58. The highest BCUT2D eigenvalue weighted by Crippen LogP contribution is 2.21. The summed E-state index contributed by atoms with van der Waals surface area (Å²) >= 11 is 0. The third kappa shape index (κ3) is 2.98. The van der Waals surface area contributed by atoms with Crippen molar-refractivity contribution >= 4 is 0 Å². The minimum absolute atomic E-state index is 0.0283. The number of benzene rings is 1. The van der Waals surface area contributed by atoms with E-state index in [1.807, 2.05) is 31.7 Å². The number of aryl methyl sites for hydroxylation is 1. The maximum Gasteiger partial charge on any atom is 0.130 e. The van der Waals surface area contributed by atoms with Gasteiger partial charge in [0.15, 0.2) is 0 Å². The lowest BCUT2D eigenvalue weighted by atomic mass is 10.1. The third-order valence-corrected chi connectivity index (χ3v) is 3.17. The summed E-state index contributed by atoms with van der Waals surface area (Å²) in [6.45, 7) is 3.80. The maximum absolute atomic E-state index is 13.7. The fraction of sp³-hybridized carbons (Fsp3) is 0.357. The average molecular weight is 265 g/mol. The molecule has 0 radical (unpaired) electrons. The van der Waals surface area contributed by atoms with Crippen molar-refractivity contribution < 1.29 is 8.78 Å². The number of hydrogen-bond acceptors (Lipinski definition) is 2. The minimum Gasteiger partial charge on any atom is -0.337 e. The van der Waals surface area contributed by atoms with E-state index in [4.69, 9.17) is 0 Å². The van der Waals surface area contributed by atoms with Gasteiger partial charge in [0.25, 0.3) is 0 Å². The van der Waals surface area contributed by atoms with Crippen LogP contribution in [0.4, 0.5) is 8.78 Å². The summed E-state index contributed by atoms with van der Waals surface area (Å²) in [5.41, 5.74) is 0.447. The molecule has 0 aliphatic heterocycles. The van der Waals surface area contributed by atoms with Crippen molar-refractivity contribution in [1.82, 2.24) is 14.9 Å². The number of rotatable bonds is 4. The number of imidazole rings is 1. The van der Waals surface area contributed by atoms with Crippen LogP contribution >= 0.6 is 0 Å². The molecule has 2 rings (SSSR count). The quantitative estimate of drug-likeness (QED) is 0.920. The summed E-state index contributed by atoms with van der Waals surface area (Å²) in [5.74, 6) is -0.230. The summed E-state index contributed by atoms with van der Waals surface area (Å²) in [6, 6.07) is 3.38. The van der Waals surface area contributed by atoms with Crippen LogP contribution in [-0.4, -0.2) is 9.55 Å². The first kappa shape index (κ1) is 13.7. The zero-order valence-corrected chi connectivity index (χ0v) is 11.2. The van der Waals surface area contributed by atoms with Gasteiger partial charge in [-0.25, -0.2) is 13.8 Å². The molecule has 0 bridgehead atoms. The Morgan fingerprint density at radius 3 is 2.53 bits per heavy atom. The van der Waals surface area contributed by atoms with Crippen LogP contribution in [0.1, 0.15) is 37.3 Å². The second-order valence-corrected chi connectivity index (χ2v) is 4.67. The highest BCUT2D eigenvalue weighted by atomic mass is 19.1. The standard InChI is InChI=1S/C14H17F2N3/c1-9(12-5-4-11(15)8-13(12)16)18-10(2)14-17-6-7-19(14)3/h4-10,18H,1-3H3. The van der Waals surface area contributed by atoms with E-state index >= 15 is 0 Å². The molecular weight excluding hydrogens is 248 g/mol. The molecule has 0 fully saturated rings. The molecule has 1 N–H and O–H groups in total. The van der Waals surface area contributed by atoms with E-state index in [0.717, 1.165) is 11.9 Å². The molecule has 0 amide bonds. The van der Waals surface area contributed by atoms with Crippen LogP contribution < -0.4 is 5.32 Å². The van der Waals surface area contributed by atoms with Crippen molar-refractivity contribution in [3.8, 4) is 0 Å². The smallest absolute Gasteiger partial charge is 0.130 e. The van der Waals surface area contributed by atoms with Crippen LogP contribution in [0.25, 0.3) is 0 Å². The topological polar surface area (TPSA) is 29.9 Å². The van der Waals surface area contributed by atoms with Gasteiger partial charge in [-0.2, -0.15) is 0 Å². The van der Waals surface area contributed by atoms with E-state index in [1.165, 1.54) is 12.1 Å². The number of nitrogens with one attached hydrogen (secondary N) is 1. The zero-order chi connectivity index (χ0) is 14.0. The molecule has 2 atom stereocenters. The van der Waals surface area contributed by atoms with Crippen molar-refractivity contribution in [2.24, 2.45) is 7.05 Å². The molecule has 2 unspecified atom stereocenters. The highest BCUT2D eigenvalue weighted by Gasteiger charge is 2.17. The Bertz CT molecular complexity index is 566. The fourth-order valence-corrected chi connectivity index (χ4v) is 2.19. The lowest BCUT2D eigenvalue weighted by Gasteiger charge is -2.20. The van der Waals surface area contributed by atoms with Crippen LogP contribution in [0.15, 0.2) is 30.6 Å². The molecule has 1 aromatic heterocycles. The molecule has 2 aromatic rings. The first-order chi connectivity index (χ1) is 8.99. The highest BCUT2D eigenvalue weighted by molar-refractivity contribution is 5.22. The number of hydrogen-bond donors (Lipinski definition) is 1. The maximum atomic E-state index is 13.7. The molecule has 0 aliphatic carbocycles. The van der Waals surface area contributed by atoms with Gasteiger partial charge in [0.2, 0.25) is 0 Å². The number of halogens is 2. The van der Waals surface area contributed by atoms with Gasteiger partial charge in [-0.15, -0.1) is 0 Å². The van der Waals surface area contributed by atoms with Crippen LogP contribution in [0.2, 0.25) is 0 Å². The SMILES string of the molecule is CC(NC(C)c1nccn1C)c1ccc(F)cc1F. The van der Waals surface area contributed by atoms with Gasteiger partial charge in [-0.1, -0.05) is 6.07 Å². The van der Waals surface area contributed by atoms with Gasteiger partial charge in [0.1, 0.15) is 17.5 Å². The van der Waals surface area contributed by atoms with Gasteiger partial charge in [-0.3, -0.25) is 0 Å². The van der Waals surface area contributed by atoms with Crippen molar-refractivity contribution in [3.05, 3.63) is 53.6 Å². The fourth-order valence-electron chi connectivity index (χ4n) is 2.19. The molecule has 102 valence electrons. The van der Waals surface area contributed by atoms with E-state index in [2.05, 4.69) is 10.3 Å². The van der Waals surface area contributed by atoms with E-state index in [0.29, 0.717) is 5.56 Å². The Balaban J connectivity index is 2.13. The van der Waals surface area contributed by atoms with Gasteiger partial charge >= 0.3 is 0 Å². The Morgan fingerprint density at radius 2 is 1.95 bits per heavy atom. The summed E-state index contributed by atoms with van der Waals surface area (Å²) in [5, 5.41) is 3.25. The van der Waals surface area contributed by atoms with E-state index in [9.17, 15) is 8.78 Å². The number of nitrogens with zero attached hydrogens (tertiary/aromatic N) is 2. The lowest BCUT2D eigenvalue weighted by molar-refractivity contribution is 0.450. The first-order valence-electron chi connectivity index (χ1n) is 6.17. The Kier molecular flexibility index (Phi) is 3.95. The zero-order valence-electron chi connectivity index (χ0n) is 11.2. The molecule has 0 saturated heterocycles. The van der Waals surface area contributed by atoms with Crippen molar-refractivity contribution in [2.45, 2.75) is 25.9 Å². The van der Waals surface area contributed by atoms with Crippen LogP contribution in [0.3, 0.4) is 0 Å². The summed E-state index contributed by atoms with van der Waals surface area (Å²) in [7, 11) is 1.91. The molecule has 3 nitrogen and oxygen atoms in total. The van der Waals surface area contributed by atoms with Crippen LogP contribution in [0.5, 0.6) is 0 Å². The monoisotopic (exact) mass is 265 g/mol. The van der Waals surface area contributed by atoms with E-state index < -0.39 is 11.6 Å². The lowest BCUT2D eigenvalue weighted by Crippen LogP contribution is -2.25. The predicted octanol–water partition coefficient (Wildman–Crippen LogP) is 3.11. The molecule has 1 heterocycles. The Hall–Kier alpha value is -1.75. The summed E-state index contributed by atoms with van der Waals surface area (Å²) in [4.78, 5) is 4.25. The van der Waals surface area contributed by atoms with Crippen molar-refractivity contribution in [2.75, 3.05) is 0 Å². The third-order valence-electron chi connectivity index (χ3n) is 3.17. The number of aromatic nitrogens is 2. The first-order valence-corrected chi connectivity index (χ1v) is 6.17. The summed E-state index contributed by atoms with van der Waals surface area (Å²) < 4.78 is 28.5. The normalized spacial score (nSPS) is 14.4. The largest absolute Gasteiger partial charge is 0.337 e. The van der Waals surface area contributed by atoms with Gasteiger partial charge in [0.05, 0.1) is 6.04 Å². The van der Waals surface area contributed by atoms with E-state index in [1.54, 1.807) is 6.20 Å². The Labute approximate surface area is 111 Å². The molecule has 0 saturated carbocycles. The van der Waals surface area contributed by atoms with Crippen molar-refractivity contribution in [3.63, 3.8) is 0 Å². The minimum atomic E-state index is -0.564. The molecule has 19 heavy (non-hydrogen) atoms. The van der Waals surface area contributed by atoms with Gasteiger partial charge in [-0.05, 0) is 19.9 Å². The van der Waals surface area contributed by atoms with E-state index in [-0.39, 0.29) is 12.1 Å². The Morgan fingerprint density at radius 1 is 1.21 bits per heavy atom.